The topological polar surface area (TPSA) is 0 Å². The molecule has 0 fully saturated rings. The van der Waals surface area contributed by atoms with Crippen LogP contribution in [0, 0.1) is 0 Å². The summed E-state index contributed by atoms with van der Waals surface area (Å²) in [6.07, 6.45) is 0. The normalized spacial score (nSPS) is 19.2. The third-order valence-corrected chi connectivity index (χ3v) is 0. The summed E-state index contributed by atoms with van der Waals surface area (Å²) in [5.74, 6) is 0. The Morgan fingerprint density at radius 3 is 0.667 bits per heavy atom. The first-order valence-corrected chi connectivity index (χ1v) is 2.46. The molecule has 0 amide bonds. The summed E-state index contributed by atoms with van der Waals surface area (Å²) in [7, 11) is 0. The minimum atomic E-state index is -8.43. The monoisotopic (exact) mass is 153 g/mol. The summed E-state index contributed by atoms with van der Waals surface area (Å²) >= 11 is -8.43. The van der Waals surface area contributed by atoms with Crippen molar-refractivity contribution in [1.82, 2.24) is 0 Å². The van der Waals surface area contributed by atoms with Gasteiger partial charge in [0.25, 0.3) is 0 Å². The molecule has 0 rings (SSSR count). The summed E-state index contributed by atoms with van der Waals surface area (Å²) in [5.41, 5.74) is 0. The van der Waals surface area contributed by atoms with Gasteiger partial charge in [0.1, 0.15) is 0 Å². The van der Waals surface area contributed by atoms with Gasteiger partial charge in [-0.25, -0.2) is 0 Å². The van der Waals surface area contributed by atoms with Crippen molar-refractivity contribution in [3.8, 4) is 0 Å². The average molecular weight is 154 g/mol. The fraction of sp³-hybridized carbons (Fsp3) is 0. The van der Waals surface area contributed by atoms with Gasteiger partial charge in [-0.05, 0) is 0 Å². The molecule has 0 aromatic rings. The fourth-order valence-corrected chi connectivity index (χ4v) is 0. The van der Waals surface area contributed by atoms with Gasteiger partial charge in [-0.3, -0.25) is 0 Å². The molecule has 6 heavy (non-hydrogen) atoms. The van der Waals surface area contributed by atoms with Crippen LogP contribution in [0.15, 0.2) is 0 Å². The number of hydrogen-bond acceptors (Lipinski definition) is 0. The van der Waals surface area contributed by atoms with E-state index < -0.39 is 13.6 Å². The Labute approximate surface area is 32.7 Å². The molecule has 0 saturated carbocycles. The minimum absolute atomic E-state index is 8.43. The van der Waals surface area contributed by atoms with E-state index in [4.69, 9.17) is 0 Å². The van der Waals surface area contributed by atoms with Gasteiger partial charge in [-0.15, -0.1) is 0 Å². The zero-order valence-corrected chi connectivity index (χ0v) is 3.19. The summed E-state index contributed by atoms with van der Waals surface area (Å²) < 4.78 is 49.1. The molecule has 0 aromatic carbocycles. The van der Waals surface area contributed by atoms with Gasteiger partial charge in [0.15, 0.2) is 0 Å². The third-order valence-electron chi connectivity index (χ3n) is 0. The molecule has 0 N–H and O–H groups in total. The summed E-state index contributed by atoms with van der Waals surface area (Å²) in [5, 5.41) is 0. The van der Waals surface area contributed by atoms with E-state index in [1.807, 2.05) is 0 Å². The van der Waals surface area contributed by atoms with Crippen LogP contribution in [0.4, 0.5) is 18.0 Å². The van der Waals surface area contributed by atoms with Crippen LogP contribution in [-0.4, -0.2) is 0 Å². The predicted molar refractivity (Wildman–Crippen MR) is 5.54 cm³/mol. The van der Waals surface area contributed by atoms with Crippen LogP contribution in [-0.2, 0) is 13.6 Å². The van der Waals surface area contributed by atoms with E-state index in [9.17, 15) is 18.0 Å². The molecule has 0 saturated heterocycles. The van der Waals surface area contributed by atoms with Crippen molar-refractivity contribution in [1.29, 1.82) is 0 Å². The molecule has 0 bridgehead atoms. The molecule has 0 aliphatic rings. The number of hydrogen-bond donors (Lipinski definition) is 0. The molecule has 0 aromatic heterocycles. The maximum atomic E-state index is 9.82. The Kier molecular flexibility index (Phi) is 0.879. The molecular weight excluding hydrogens is 154 g/mol. The fourth-order valence-electron chi connectivity index (χ4n) is 0. The summed E-state index contributed by atoms with van der Waals surface area (Å²) in [6, 6.07) is 0. The van der Waals surface area contributed by atoms with Crippen LogP contribution in [0.5, 0.6) is 0 Å². The van der Waals surface area contributed by atoms with Gasteiger partial charge in [-0.1, -0.05) is 0 Å². The molecule has 0 radical (unpaired) electrons. The maximum absolute atomic E-state index is 9.82. The van der Waals surface area contributed by atoms with Gasteiger partial charge in [0, 0.05) is 0 Å². The van der Waals surface area contributed by atoms with Gasteiger partial charge < -0.3 is 0 Å². The van der Waals surface area contributed by atoms with Crippen LogP contribution in [0.2, 0.25) is 0 Å². The van der Waals surface area contributed by atoms with Crippen molar-refractivity contribution >= 4 is 0 Å². The van der Waals surface area contributed by atoms with Crippen molar-refractivity contribution in [3.05, 3.63) is 0 Å². The quantitative estimate of drug-likeness (QED) is 0.370. The Balaban J connectivity index is 3.73. The first-order chi connectivity index (χ1) is 2.24. The molecule has 0 nitrogen and oxygen atoms in total. The van der Waals surface area contributed by atoms with E-state index in [-0.39, 0.29) is 0 Å². The van der Waals surface area contributed by atoms with Crippen molar-refractivity contribution in [2.45, 2.75) is 0 Å². The van der Waals surface area contributed by atoms with Crippen LogP contribution in [0.3, 0.4) is 0 Å². The molecule has 45 valence electrons. The molecule has 0 spiro atoms. The second kappa shape index (κ2) is 0.858. The third kappa shape index (κ3) is 1990. The number of rotatable bonds is 0. The Hall–Kier alpha value is 0.144. The molecule has 0 aliphatic carbocycles. The van der Waals surface area contributed by atoms with E-state index in [1.54, 1.807) is 0 Å². The van der Waals surface area contributed by atoms with Crippen molar-refractivity contribution in [2.75, 3.05) is 0 Å². The zero-order chi connectivity index (χ0) is 5.45. The van der Waals surface area contributed by atoms with Crippen molar-refractivity contribution in [3.63, 3.8) is 0 Å². The van der Waals surface area contributed by atoms with E-state index in [0.717, 1.165) is 0 Å². The Morgan fingerprint density at radius 2 is 0.667 bits per heavy atom. The average Bonchev–Trinajstić information content (AvgIpc) is 0.650. The first-order valence-electron chi connectivity index (χ1n) is 0.598. The van der Waals surface area contributed by atoms with E-state index >= 15 is 0 Å². The standard InChI is InChI=1S/5FH.Ni/h5*1H;/q;;;;;+5/p-5. The van der Waals surface area contributed by atoms with Crippen LogP contribution < -0.4 is 0 Å². The second-order valence-electron chi connectivity index (χ2n) is 0.452. The summed E-state index contributed by atoms with van der Waals surface area (Å²) in [6.45, 7) is 0. The predicted octanol–water partition coefficient (Wildman–Crippen LogP) is 2.10. The van der Waals surface area contributed by atoms with E-state index in [2.05, 4.69) is 0 Å². The zero-order valence-electron chi connectivity index (χ0n) is 2.21. The van der Waals surface area contributed by atoms with Gasteiger partial charge >= 0.3 is 31.6 Å². The van der Waals surface area contributed by atoms with Gasteiger partial charge in [0.2, 0.25) is 0 Å². The second-order valence-corrected chi connectivity index (χ2v) is 1.86. The van der Waals surface area contributed by atoms with E-state index in [0.29, 0.717) is 0 Å². The Bertz CT molecular complexity index is 37.1. The Morgan fingerprint density at radius 1 is 0.667 bits per heavy atom. The molecule has 0 aliphatic heterocycles. The van der Waals surface area contributed by atoms with Crippen LogP contribution >= 0.6 is 0 Å². The van der Waals surface area contributed by atoms with Gasteiger partial charge in [-0.2, -0.15) is 0 Å². The van der Waals surface area contributed by atoms with E-state index in [1.165, 1.54) is 0 Å². The van der Waals surface area contributed by atoms with Crippen molar-refractivity contribution in [2.24, 2.45) is 0 Å². The molecule has 0 unspecified atom stereocenters. The summed E-state index contributed by atoms with van der Waals surface area (Å²) in [4.78, 5) is 0. The molecule has 0 heterocycles. The number of halogens is 5. The van der Waals surface area contributed by atoms with Crippen molar-refractivity contribution < 1.29 is 31.6 Å². The van der Waals surface area contributed by atoms with Gasteiger partial charge in [0.05, 0.1) is 0 Å². The SMILES string of the molecule is [F][Ni]([F])([F])([F])[F]. The molecule has 6 heteroatoms. The first kappa shape index (κ1) is 6.14. The van der Waals surface area contributed by atoms with Crippen LogP contribution in [0.1, 0.15) is 0 Å². The molecule has 0 atom stereocenters. The van der Waals surface area contributed by atoms with Crippen LogP contribution in [0.25, 0.3) is 0 Å². The molecular formula is F5Ni.